The Labute approximate surface area is 68.0 Å². The number of hydrogen-bond acceptors (Lipinski definition) is 2. The van der Waals surface area contributed by atoms with Crippen LogP contribution in [0.1, 0.15) is 40.0 Å². The highest BCUT2D eigenvalue weighted by Gasteiger charge is 2.14. The Morgan fingerprint density at radius 3 is 2.09 bits per heavy atom. The van der Waals surface area contributed by atoms with Crippen molar-refractivity contribution in [3.05, 3.63) is 0 Å². The van der Waals surface area contributed by atoms with Crippen LogP contribution in [0.25, 0.3) is 0 Å². The zero-order chi connectivity index (χ0) is 8.85. The predicted molar refractivity (Wildman–Crippen MR) is 44.4 cm³/mol. The third-order valence-electron chi connectivity index (χ3n) is 1.75. The van der Waals surface area contributed by atoms with Gasteiger partial charge in [0.2, 0.25) is 0 Å². The Kier molecular flexibility index (Phi) is 4.75. The van der Waals surface area contributed by atoms with Crippen LogP contribution in [-0.4, -0.2) is 11.6 Å². The molecule has 11 heavy (non-hydrogen) atoms. The molecule has 0 radical (unpaired) electrons. The first-order chi connectivity index (χ1) is 5.07. The smallest absolute Gasteiger partial charge is 0.133 e. The largest absolute Gasteiger partial charge is 0.300 e. The highest BCUT2D eigenvalue weighted by molar-refractivity contribution is 5.85. The summed E-state index contributed by atoms with van der Waals surface area (Å²) < 4.78 is 0. The van der Waals surface area contributed by atoms with Crippen molar-refractivity contribution in [1.82, 2.24) is 0 Å². The molecule has 0 fully saturated rings. The van der Waals surface area contributed by atoms with Gasteiger partial charge in [0.25, 0.3) is 0 Å². The maximum atomic E-state index is 10.9. The van der Waals surface area contributed by atoms with Gasteiger partial charge in [-0.05, 0) is 20.3 Å². The van der Waals surface area contributed by atoms with Crippen molar-refractivity contribution in [3.63, 3.8) is 0 Å². The van der Waals surface area contributed by atoms with E-state index in [-0.39, 0.29) is 17.5 Å². The monoisotopic (exact) mass is 156 g/mol. The lowest BCUT2D eigenvalue weighted by Crippen LogP contribution is -2.13. The van der Waals surface area contributed by atoms with Crippen LogP contribution in [0.4, 0.5) is 0 Å². The van der Waals surface area contributed by atoms with Gasteiger partial charge in [0.05, 0.1) is 0 Å². The molecule has 0 aromatic heterocycles. The van der Waals surface area contributed by atoms with Gasteiger partial charge in [-0.25, -0.2) is 0 Å². The molecule has 1 atom stereocenters. The topological polar surface area (TPSA) is 34.1 Å². The van der Waals surface area contributed by atoms with Gasteiger partial charge in [-0.3, -0.25) is 4.79 Å². The molecule has 0 heterocycles. The lowest BCUT2D eigenvalue weighted by Gasteiger charge is -2.09. The van der Waals surface area contributed by atoms with E-state index in [1.165, 1.54) is 6.92 Å². The van der Waals surface area contributed by atoms with E-state index in [0.717, 1.165) is 12.8 Å². The molecule has 0 aliphatic rings. The minimum Gasteiger partial charge on any atom is -0.300 e. The average molecular weight is 156 g/mol. The third kappa shape index (κ3) is 4.71. The van der Waals surface area contributed by atoms with E-state index in [2.05, 4.69) is 0 Å². The van der Waals surface area contributed by atoms with Crippen molar-refractivity contribution in [3.8, 4) is 0 Å². The molecule has 0 spiro atoms. The molecule has 0 aliphatic carbocycles. The summed E-state index contributed by atoms with van der Waals surface area (Å²) in [5.74, 6) is 0.221. The van der Waals surface area contributed by atoms with Gasteiger partial charge in [0.15, 0.2) is 0 Å². The van der Waals surface area contributed by atoms with Crippen LogP contribution >= 0.6 is 0 Å². The number of ketones is 2. The van der Waals surface area contributed by atoms with E-state index in [0.29, 0.717) is 6.42 Å². The molecule has 0 bridgehead atoms. The number of carbonyl (C=O) groups is 2. The Hall–Kier alpha value is -0.660. The Balaban J connectivity index is 3.89. The molecule has 0 aromatic rings. The van der Waals surface area contributed by atoms with E-state index in [9.17, 15) is 9.59 Å². The van der Waals surface area contributed by atoms with Crippen LogP contribution in [0.3, 0.4) is 0 Å². The number of carbonyl (C=O) groups excluding carboxylic acids is 2. The second-order valence-electron chi connectivity index (χ2n) is 3.00. The average Bonchev–Trinajstić information content (AvgIpc) is 1.86. The lowest BCUT2D eigenvalue weighted by molar-refractivity contribution is -0.126. The molecule has 0 saturated heterocycles. The molecular formula is C9H16O2. The molecule has 64 valence electrons. The van der Waals surface area contributed by atoms with Crippen molar-refractivity contribution in [2.75, 3.05) is 0 Å². The summed E-state index contributed by atoms with van der Waals surface area (Å²) in [4.78, 5) is 21.6. The summed E-state index contributed by atoms with van der Waals surface area (Å²) in [6, 6.07) is 0. The van der Waals surface area contributed by atoms with Gasteiger partial charge < -0.3 is 4.79 Å². The van der Waals surface area contributed by atoms with Crippen LogP contribution in [0.15, 0.2) is 0 Å². The Bertz CT molecular complexity index is 150. The second-order valence-corrected chi connectivity index (χ2v) is 3.00. The minimum atomic E-state index is -0.0301. The lowest BCUT2D eigenvalue weighted by atomic mass is 9.94. The quantitative estimate of drug-likeness (QED) is 0.609. The van der Waals surface area contributed by atoms with E-state index < -0.39 is 0 Å². The first-order valence-electron chi connectivity index (χ1n) is 4.07. The molecule has 0 rings (SSSR count). The number of Topliss-reactive ketones (excluding diaryl/α,β-unsaturated/α-hetero) is 2. The summed E-state index contributed by atoms with van der Waals surface area (Å²) in [5.41, 5.74) is 0. The van der Waals surface area contributed by atoms with Gasteiger partial charge in [-0.15, -0.1) is 0 Å². The summed E-state index contributed by atoms with van der Waals surface area (Å²) >= 11 is 0. The molecule has 0 aromatic carbocycles. The summed E-state index contributed by atoms with van der Waals surface area (Å²) in [7, 11) is 0. The number of rotatable bonds is 5. The molecule has 0 saturated carbocycles. The highest BCUT2D eigenvalue weighted by Crippen LogP contribution is 2.12. The van der Waals surface area contributed by atoms with Gasteiger partial charge >= 0.3 is 0 Å². The van der Waals surface area contributed by atoms with Gasteiger partial charge in [-0.2, -0.15) is 0 Å². The van der Waals surface area contributed by atoms with Crippen molar-refractivity contribution in [1.29, 1.82) is 0 Å². The fourth-order valence-electron chi connectivity index (χ4n) is 1.14. The van der Waals surface area contributed by atoms with Gasteiger partial charge in [0, 0.05) is 12.3 Å². The van der Waals surface area contributed by atoms with Crippen LogP contribution in [0.2, 0.25) is 0 Å². The number of hydrogen-bond donors (Lipinski definition) is 0. The van der Waals surface area contributed by atoms with Gasteiger partial charge in [0.1, 0.15) is 11.6 Å². The van der Waals surface area contributed by atoms with Crippen LogP contribution < -0.4 is 0 Å². The van der Waals surface area contributed by atoms with Crippen LogP contribution in [0, 0.1) is 5.92 Å². The summed E-state index contributed by atoms with van der Waals surface area (Å²) in [6.45, 7) is 5.12. The molecule has 0 aliphatic heterocycles. The molecule has 0 unspecified atom stereocenters. The summed E-state index contributed by atoms with van der Waals surface area (Å²) in [6.07, 6.45) is 2.23. The molecule has 0 N–H and O–H groups in total. The minimum absolute atomic E-state index is 0.0301. The fraction of sp³-hybridized carbons (Fsp3) is 0.778. The van der Waals surface area contributed by atoms with Crippen molar-refractivity contribution in [2.24, 2.45) is 5.92 Å². The zero-order valence-electron chi connectivity index (χ0n) is 7.52. The molecular weight excluding hydrogens is 140 g/mol. The molecule has 2 nitrogen and oxygen atoms in total. The van der Waals surface area contributed by atoms with E-state index in [1.54, 1.807) is 6.92 Å². The maximum absolute atomic E-state index is 10.9. The predicted octanol–water partition coefficient (Wildman–Crippen LogP) is 1.97. The van der Waals surface area contributed by atoms with E-state index in [4.69, 9.17) is 0 Å². The fourth-order valence-corrected chi connectivity index (χ4v) is 1.14. The molecule has 2 heteroatoms. The van der Waals surface area contributed by atoms with Crippen molar-refractivity contribution in [2.45, 2.75) is 40.0 Å². The van der Waals surface area contributed by atoms with Crippen molar-refractivity contribution >= 4 is 11.6 Å². The van der Waals surface area contributed by atoms with Crippen LogP contribution in [-0.2, 0) is 9.59 Å². The van der Waals surface area contributed by atoms with Crippen LogP contribution in [0.5, 0.6) is 0 Å². The maximum Gasteiger partial charge on any atom is 0.133 e. The van der Waals surface area contributed by atoms with E-state index >= 15 is 0 Å². The Morgan fingerprint density at radius 1 is 1.27 bits per heavy atom. The first kappa shape index (κ1) is 10.3. The van der Waals surface area contributed by atoms with Crippen molar-refractivity contribution < 1.29 is 9.59 Å². The molecule has 0 amide bonds. The highest BCUT2D eigenvalue weighted by atomic mass is 16.1. The summed E-state index contributed by atoms with van der Waals surface area (Å²) in [5, 5.41) is 0. The standard InChI is InChI=1S/C9H16O2/c1-4-5-9(8(3)11)6-7(2)10/h9H,4-6H2,1-3H3/t9-/m1/s1. The second kappa shape index (κ2) is 5.05. The van der Waals surface area contributed by atoms with E-state index in [1.807, 2.05) is 6.92 Å². The normalized spacial score (nSPS) is 12.6. The van der Waals surface area contributed by atoms with Gasteiger partial charge in [-0.1, -0.05) is 13.3 Å². The zero-order valence-corrected chi connectivity index (χ0v) is 7.52. The first-order valence-corrected chi connectivity index (χ1v) is 4.07. The SMILES string of the molecule is CCC[C@H](CC(C)=O)C(C)=O. The Morgan fingerprint density at radius 2 is 1.82 bits per heavy atom. The third-order valence-corrected chi connectivity index (χ3v) is 1.75.